The van der Waals surface area contributed by atoms with Crippen molar-refractivity contribution in [3.63, 3.8) is 0 Å². The quantitative estimate of drug-likeness (QED) is 0.854. The molecule has 0 saturated carbocycles. The molecular weight excluding hydrogens is 278 g/mol. The number of anilines is 1. The number of halogens is 1. The lowest BCUT2D eigenvalue weighted by Crippen LogP contribution is -2.20. The summed E-state index contributed by atoms with van der Waals surface area (Å²) in [5.41, 5.74) is 3.51. The molecule has 2 aromatic carbocycles. The topological polar surface area (TPSA) is 21.3 Å². The molecule has 0 spiro atoms. The molecule has 0 bridgehead atoms. The Hall–Kier alpha value is -1.32. The van der Waals surface area contributed by atoms with E-state index in [0.717, 1.165) is 15.7 Å². The van der Waals surface area contributed by atoms with Crippen molar-refractivity contribution >= 4 is 21.6 Å². The fraction of sp³-hybridized carbons (Fsp3) is 0.143. The molecule has 0 fully saturated rings. The van der Waals surface area contributed by atoms with Crippen LogP contribution in [0.3, 0.4) is 0 Å². The van der Waals surface area contributed by atoms with Gasteiger partial charge in [0.2, 0.25) is 0 Å². The van der Waals surface area contributed by atoms with Gasteiger partial charge in [-0.15, -0.1) is 0 Å². The molecule has 2 aromatic rings. The van der Waals surface area contributed by atoms with Gasteiger partial charge in [-0.2, -0.15) is 0 Å². The zero-order valence-corrected chi connectivity index (χ0v) is 10.8. The standard InChI is InChI=1S/C14H12BrNO/c15-12-7-5-10(6-8-12)14-16-13-4-2-1-3-11(13)9-17-14/h1-8,14,16H,9H2. The number of hydrogen-bond acceptors (Lipinski definition) is 2. The minimum atomic E-state index is -0.0574. The van der Waals surface area contributed by atoms with E-state index in [0.29, 0.717) is 6.61 Å². The van der Waals surface area contributed by atoms with Gasteiger partial charge >= 0.3 is 0 Å². The zero-order chi connectivity index (χ0) is 11.7. The Balaban J connectivity index is 1.86. The second-order valence-electron chi connectivity index (χ2n) is 4.04. The number of nitrogens with one attached hydrogen (secondary N) is 1. The van der Waals surface area contributed by atoms with Gasteiger partial charge in [0.15, 0.2) is 6.23 Å². The van der Waals surface area contributed by atoms with E-state index in [-0.39, 0.29) is 6.23 Å². The lowest BCUT2D eigenvalue weighted by Gasteiger charge is -2.27. The second-order valence-corrected chi connectivity index (χ2v) is 4.96. The first-order valence-corrected chi connectivity index (χ1v) is 6.34. The van der Waals surface area contributed by atoms with E-state index in [9.17, 15) is 0 Å². The number of rotatable bonds is 1. The largest absolute Gasteiger partial charge is 0.356 e. The van der Waals surface area contributed by atoms with Crippen molar-refractivity contribution in [2.24, 2.45) is 0 Å². The van der Waals surface area contributed by atoms with Crippen molar-refractivity contribution in [1.29, 1.82) is 0 Å². The Morgan fingerprint density at radius 1 is 1.06 bits per heavy atom. The number of fused-ring (bicyclic) bond motifs is 1. The average Bonchev–Trinajstić information content (AvgIpc) is 2.39. The van der Waals surface area contributed by atoms with Crippen LogP contribution in [0.1, 0.15) is 17.4 Å². The molecule has 1 aliphatic rings. The first kappa shape index (κ1) is 10.8. The highest BCUT2D eigenvalue weighted by atomic mass is 79.9. The van der Waals surface area contributed by atoms with Crippen LogP contribution in [0.2, 0.25) is 0 Å². The lowest BCUT2D eigenvalue weighted by atomic mass is 10.1. The van der Waals surface area contributed by atoms with Gasteiger partial charge in [-0.1, -0.05) is 46.3 Å². The summed E-state index contributed by atoms with van der Waals surface area (Å²) in [4.78, 5) is 0. The summed E-state index contributed by atoms with van der Waals surface area (Å²) in [6.07, 6.45) is -0.0574. The molecule has 1 aliphatic heterocycles. The second kappa shape index (κ2) is 4.51. The molecule has 1 unspecified atom stereocenters. The van der Waals surface area contributed by atoms with E-state index in [4.69, 9.17) is 4.74 Å². The van der Waals surface area contributed by atoms with Crippen LogP contribution in [0.4, 0.5) is 5.69 Å². The first-order chi connectivity index (χ1) is 8.33. The Morgan fingerprint density at radius 3 is 2.65 bits per heavy atom. The summed E-state index contributed by atoms with van der Waals surface area (Å²) in [7, 11) is 0. The zero-order valence-electron chi connectivity index (χ0n) is 9.19. The smallest absolute Gasteiger partial charge is 0.154 e. The van der Waals surface area contributed by atoms with Crippen LogP contribution < -0.4 is 5.32 Å². The van der Waals surface area contributed by atoms with Gasteiger partial charge in [0.1, 0.15) is 0 Å². The summed E-state index contributed by atoms with van der Waals surface area (Å²) in [6.45, 7) is 0.657. The fourth-order valence-electron chi connectivity index (χ4n) is 1.96. The van der Waals surface area contributed by atoms with Crippen molar-refractivity contribution < 1.29 is 4.74 Å². The highest BCUT2D eigenvalue weighted by Crippen LogP contribution is 2.30. The van der Waals surface area contributed by atoms with Crippen LogP contribution in [0, 0.1) is 0 Å². The first-order valence-electron chi connectivity index (χ1n) is 5.54. The molecule has 2 nitrogen and oxygen atoms in total. The third-order valence-electron chi connectivity index (χ3n) is 2.88. The van der Waals surface area contributed by atoms with E-state index in [2.05, 4.69) is 45.5 Å². The monoisotopic (exact) mass is 289 g/mol. The molecule has 86 valence electrons. The average molecular weight is 290 g/mol. The molecule has 0 saturated heterocycles. The molecular formula is C14H12BrNO. The van der Waals surface area contributed by atoms with Crippen molar-refractivity contribution in [2.75, 3.05) is 5.32 Å². The summed E-state index contributed by atoms with van der Waals surface area (Å²) in [5.74, 6) is 0. The van der Waals surface area contributed by atoms with E-state index in [1.165, 1.54) is 5.56 Å². The van der Waals surface area contributed by atoms with Crippen molar-refractivity contribution in [3.05, 3.63) is 64.1 Å². The van der Waals surface area contributed by atoms with Gasteiger partial charge in [-0.05, 0) is 18.2 Å². The van der Waals surface area contributed by atoms with Crippen LogP contribution in [0.25, 0.3) is 0 Å². The maximum absolute atomic E-state index is 5.80. The molecule has 3 heteroatoms. The van der Waals surface area contributed by atoms with E-state index >= 15 is 0 Å². The Kier molecular flexibility index (Phi) is 2.87. The molecule has 0 radical (unpaired) electrons. The molecule has 0 aliphatic carbocycles. The highest BCUT2D eigenvalue weighted by Gasteiger charge is 2.18. The predicted molar refractivity (Wildman–Crippen MR) is 71.7 cm³/mol. The lowest BCUT2D eigenvalue weighted by molar-refractivity contribution is 0.0507. The van der Waals surface area contributed by atoms with Crippen molar-refractivity contribution in [1.82, 2.24) is 0 Å². The van der Waals surface area contributed by atoms with E-state index < -0.39 is 0 Å². The third-order valence-corrected chi connectivity index (χ3v) is 3.41. The fourth-order valence-corrected chi connectivity index (χ4v) is 2.22. The normalized spacial score (nSPS) is 18.3. The molecule has 1 heterocycles. The number of para-hydroxylation sites is 1. The maximum atomic E-state index is 5.80. The third kappa shape index (κ3) is 2.21. The van der Waals surface area contributed by atoms with Crippen LogP contribution >= 0.6 is 15.9 Å². The van der Waals surface area contributed by atoms with Gasteiger partial charge in [-0.25, -0.2) is 0 Å². The van der Waals surface area contributed by atoms with Gasteiger partial charge in [0.05, 0.1) is 6.61 Å². The number of benzene rings is 2. The van der Waals surface area contributed by atoms with Crippen LogP contribution in [0.15, 0.2) is 53.0 Å². The molecule has 0 aromatic heterocycles. The molecule has 17 heavy (non-hydrogen) atoms. The highest BCUT2D eigenvalue weighted by molar-refractivity contribution is 9.10. The van der Waals surface area contributed by atoms with Crippen LogP contribution in [-0.4, -0.2) is 0 Å². The van der Waals surface area contributed by atoms with Crippen LogP contribution in [0.5, 0.6) is 0 Å². The van der Waals surface area contributed by atoms with E-state index in [1.54, 1.807) is 0 Å². The van der Waals surface area contributed by atoms with Gasteiger partial charge < -0.3 is 10.1 Å². The summed E-state index contributed by atoms with van der Waals surface area (Å²) in [6, 6.07) is 16.4. The molecule has 3 rings (SSSR count). The summed E-state index contributed by atoms with van der Waals surface area (Å²) in [5, 5.41) is 3.40. The Bertz CT molecular complexity index is 524. The maximum Gasteiger partial charge on any atom is 0.154 e. The summed E-state index contributed by atoms with van der Waals surface area (Å²) >= 11 is 3.43. The van der Waals surface area contributed by atoms with Crippen molar-refractivity contribution in [2.45, 2.75) is 12.8 Å². The SMILES string of the molecule is Brc1ccc(C2Nc3ccccc3CO2)cc1. The Morgan fingerprint density at radius 2 is 1.82 bits per heavy atom. The van der Waals surface area contributed by atoms with Gasteiger partial charge in [0.25, 0.3) is 0 Å². The van der Waals surface area contributed by atoms with Gasteiger partial charge in [-0.3, -0.25) is 0 Å². The van der Waals surface area contributed by atoms with Gasteiger partial charge in [0, 0.05) is 21.3 Å². The van der Waals surface area contributed by atoms with Crippen molar-refractivity contribution in [3.8, 4) is 0 Å². The minimum Gasteiger partial charge on any atom is -0.356 e. The van der Waals surface area contributed by atoms with E-state index in [1.807, 2.05) is 24.3 Å². The molecule has 1 N–H and O–H groups in total. The molecule has 0 amide bonds. The Labute approximate surface area is 109 Å². The predicted octanol–water partition coefficient (Wildman–Crippen LogP) is 4.09. The minimum absolute atomic E-state index is 0.0574. The number of hydrogen-bond donors (Lipinski definition) is 1. The summed E-state index contributed by atoms with van der Waals surface area (Å²) < 4.78 is 6.88. The molecule has 1 atom stereocenters. The van der Waals surface area contributed by atoms with Crippen LogP contribution in [-0.2, 0) is 11.3 Å². The number of ether oxygens (including phenoxy) is 1.